The van der Waals surface area contributed by atoms with Crippen molar-refractivity contribution in [3.63, 3.8) is 0 Å². The molecule has 0 bridgehead atoms. The highest BCUT2D eigenvalue weighted by atomic mass is 35.5. The molecule has 1 saturated heterocycles. The van der Waals surface area contributed by atoms with Gasteiger partial charge in [0.05, 0.1) is 16.7 Å². The fraction of sp³-hybridized carbons (Fsp3) is 0.238. The van der Waals surface area contributed by atoms with Crippen LogP contribution < -0.4 is 15.0 Å². The van der Waals surface area contributed by atoms with Gasteiger partial charge in [-0.25, -0.2) is 15.0 Å². The molecule has 1 aliphatic heterocycles. The number of anilines is 2. The number of hydrogen-bond acceptors (Lipinski definition) is 7. The van der Waals surface area contributed by atoms with Gasteiger partial charge in [-0.05, 0) is 30.7 Å². The Morgan fingerprint density at radius 2 is 1.97 bits per heavy atom. The Bertz CT molecular complexity index is 1160. The van der Waals surface area contributed by atoms with Crippen molar-refractivity contribution >= 4 is 29.0 Å². The summed E-state index contributed by atoms with van der Waals surface area (Å²) in [5.74, 6) is -0.545. The second-order valence-electron chi connectivity index (χ2n) is 7.26. The first-order valence-corrected chi connectivity index (χ1v) is 10.1. The predicted molar refractivity (Wildman–Crippen MR) is 114 cm³/mol. The van der Waals surface area contributed by atoms with Gasteiger partial charge in [0.15, 0.2) is 0 Å². The number of rotatable bonds is 5. The van der Waals surface area contributed by atoms with Gasteiger partial charge >= 0.3 is 6.36 Å². The zero-order valence-electron chi connectivity index (χ0n) is 16.9. The first-order valence-electron chi connectivity index (χ1n) is 9.75. The number of ether oxygens (including phenoxy) is 1. The van der Waals surface area contributed by atoms with E-state index >= 15 is 0 Å². The summed E-state index contributed by atoms with van der Waals surface area (Å²) in [6, 6.07) is 5.02. The van der Waals surface area contributed by atoms with Crippen LogP contribution >= 0.6 is 11.6 Å². The summed E-state index contributed by atoms with van der Waals surface area (Å²) in [5.41, 5.74) is 1.61. The third-order valence-electron chi connectivity index (χ3n) is 4.88. The van der Waals surface area contributed by atoms with Gasteiger partial charge in [0.2, 0.25) is 0 Å². The van der Waals surface area contributed by atoms with Crippen LogP contribution in [0.2, 0.25) is 5.02 Å². The molecule has 0 saturated carbocycles. The van der Waals surface area contributed by atoms with Gasteiger partial charge in [-0.15, -0.1) is 13.2 Å². The molecule has 2 N–H and O–H groups in total. The molecule has 172 valence electrons. The van der Waals surface area contributed by atoms with E-state index in [9.17, 15) is 23.1 Å². The molecule has 1 atom stereocenters. The fourth-order valence-electron chi connectivity index (χ4n) is 3.41. The Kier molecular flexibility index (Phi) is 6.34. The molecular weight excluding hydrogens is 463 g/mol. The lowest BCUT2D eigenvalue weighted by Crippen LogP contribution is -2.23. The van der Waals surface area contributed by atoms with Crippen LogP contribution in [-0.4, -0.2) is 51.5 Å². The smallest absolute Gasteiger partial charge is 0.404 e. The van der Waals surface area contributed by atoms with Gasteiger partial charge in [-0.1, -0.05) is 11.6 Å². The van der Waals surface area contributed by atoms with Crippen LogP contribution in [-0.2, 0) is 0 Å². The lowest BCUT2D eigenvalue weighted by atomic mass is 10.1. The lowest BCUT2D eigenvalue weighted by molar-refractivity contribution is -0.274. The molecule has 1 amide bonds. The molecule has 1 aromatic carbocycles. The highest BCUT2D eigenvalue weighted by molar-refractivity contribution is 6.32. The van der Waals surface area contributed by atoms with Gasteiger partial charge in [-0.2, -0.15) is 0 Å². The number of alkyl halides is 3. The van der Waals surface area contributed by atoms with Crippen LogP contribution in [0.15, 0.2) is 49.2 Å². The number of aliphatic hydroxyl groups excluding tert-OH is 1. The third-order valence-corrected chi connectivity index (χ3v) is 5.17. The normalized spacial score (nSPS) is 16.0. The second kappa shape index (κ2) is 9.20. The van der Waals surface area contributed by atoms with Crippen LogP contribution in [0.3, 0.4) is 0 Å². The van der Waals surface area contributed by atoms with Gasteiger partial charge in [0, 0.05) is 48.5 Å². The minimum atomic E-state index is -4.88. The maximum absolute atomic E-state index is 12.8. The summed E-state index contributed by atoms with van der Waals surface area (Å²) in [5, 5.41) is 12.2. The number of hydrogen-bond donors (Lipinski definition) is 2. The van der Waals surface area contributed by atoms with E-state index in [1.165, 1.54) is 18.6 Å². The van der Waals surface area contributed by atoms with Crippen LogP contribution in [0.25, 0.3) is 11.1 Å². The molecule has 0 radical (unpaired) electrons. The number of β-amino-alcohol motifs (C(OH)–C–C–N with tert-alkyl or cyclic N) is 1. The molecule has 0 aliphatic carbocycles. The molecule has 0 spiro atoms. The summed E-state index contributed by atoms with van der Waals surface area (Å²) in [4.78, 5) is 27.2. The molecule has 1 aliphatic rings. The molecule has 8 nitrogen and oxygen atoms in total. The molecular formula is C21H17ClF3N5O3. The zero-order chi connectivity index (χ0) is 23.6. The molecule has 4 rings (SSSR count). The minimum absolute atomic E-state index is 0.177. The van der Waals surface area contributed by atoms with E-state index in [4.69, 9.17) is 11.6 Å². The molecule has 1 fully saturated rings. The van der Waals surface area contributed by atoms with Crippen molar-refractivity contribution in [2.24, 2.45) is 0 Å². The maximum atomic E-state index is 12.8. The number of carbonyl (C=O) groups excluding carboxylic acids is 1. The van der Waals surface area contributed by atoms with Gasteiger partial charge < -0.3 is 20.1 Å². The number of pyridine rings is 1. The van der Waals surface area contributed by atoms with Crippen molar-refractivity contribution in [1.29, 1.82) is 0 Å². The van der Waals surface area contributed by atoms with Crippen molar-refractivity contribution in [2.45, 2.75) is 18.9 Å². The Morgan fingerprint density at radius 3 is 2.61 bits per heavy atom. The number of amides is 1. The van der Waals surface area contributed by atoms with Crippen molar-refractivity contribution in [2.75, 3.05) is 23.3 Å². The number of aromatic nitrogens is 3. The lowest BCUT2D eigenvalue weighted by Gasteiger charge is -2.20. The summed E-state index contributed by atoms with van der Waals surface area (Å²) in [7, 11) is 0. The zero-order valence-corrected chi connectivity index (χ0v) is 17.6. The third kappa shape index (κ3) is 5.49. The summed E-state index contributed by atoms with van der Waals surface area (Å²) >= 11 is 5.85. The second-order valence-corrected chi connectivity index (χ2v) is 7.67. The highest BCUT2D eigenvalue weighted by Crippen LogP contribution is 2.33. The van der Waals surface area contributed by atoms with E-state index in [1.807, 2.05) is 4.90 Å². The van der Waals surface area contributed by atoms with Crippen molar-refractivity contribution < 1.29 is 27.8 Å². The van der Waals surface area contributed by atoms with Crippen molar-refractivity contribution in [3.8, 4) is 16.9 Å². The number of benzene rings is 1. The first-order chi connectivity index (χ1) is 15.7. The van der Waals surface area contributed by atoms with E-state index in [0.717, 1.165) is 12.1 Å². The fourth-order valence-corrected chi connectivity index (χ4v) is 3.63. The van der Waals surface area contributed by atoms with Crippen LogP contribution in [0.5, 0.6) is 5.75 Å². The van der Waals surface area contributed by atoms with Crippen LogP contribution in [0.1, 0.15) is 16.8 Å². The summed E-state index contributed by atoms with van der Waals surface area (Å²) in [6.45, 7) is 1.01. The van der Waals surface area contributed by atoms with Gasteiger partial charge in [-0.3, -0.25) is 4.79 Å². The summed E-state index contributed by atoms with van der Waals surface area (Å²) in [6.07, 6.45) is 1.17. The SMILES string of the molecule is O=C(Nc1ccc(OC(F)(F)F)c(Cl)c1)c1cnc(N2CC[C@@H](O)C2)c(-c2cncnc2)c1. The van der Waals surface area contributed by atoms with Crippen molar-refractivity contribution in [3.05, 3.63) is 59.8 Å². The molecule has 2 aromatic heterocycles. The Labute approximate surface area is 191 Å². The number of nitrogens with one attached hydrogen (secondary N) is 1. The van der Waals surface area contributed by atoms with E-state index in [-0.39, 0.29) is 16.3 Å². The number of carbonyl (C=O) groups is 1. The van der Waals surface area contributed by atoms with Gasteiger partial charge in [0.25, 0.3) is 5.91 Å². The van der Waals surface area contributed by atoms with Crippen LogP contribution in [0.4, 0.5) is 24.7 Å². The maximum Gasteiger partial charge on any atom is 0.573 e. The topological polar surface area (TPSA) is 100 Å². The Balaban J connectivity index is 1.60. The predicted octanol–water partition coefficient (Wildman–Crippen LogP) is 3.91. The molecule has 33 heavy (non-hydrogen) atoms. The monoisotopic (exact) mass is 479 g/mol. The van der Waals surface area contributed by atoms with E-state index in [0.29, 0.717) is 36.5 Å². The quantitative estimate of drug-likeness (QED) is 0.572. The van der Waals surface area contributed by atoms with Gasteiger partial charge in [0.1, 0.15) is 17.9 Å². The first kappa shape index (κ1) is 22.7. The molecule has 0 unspecified atom stereocenters. The van der Waals surface area contributed by atoms with Crippen LogP contribution in [0, 0.1) is 0 Å². The minimum Gasteiger partial charge on any atom is -0.404 e. The van der Waals surface area contributed by atoms with E-state index in [1.54, 1.807) is 18.5 Å². The average Bonchev–Trinajstić information content (AvgIpc) is 3.21. The van der Waals surface area contributed by atoms with Crippen molar-refractivity contribution in [1.82, 2.24) is 15.0 Å². The van der Waals surface area contributed by atoms with E-state index < -0.39 is 24.1 Å². The van der Waals surface area contributed by atoms with E-state index in [2.05, 4.69) is 25.0 Å². The molecule has 3 heterocycles. The standard InChI is InChI=1S/C21H17ClF3N5O3/c22-17-6-14(1-2-18(17)33-21(23,24)25)29-20(32)12-5-16(13-7-26-11-27-8-13)19(28-9-12)30-4-3-15(31)10-30/h1-2,5-9,11,15,31H,3-4,10H2,(H,29,32)/t15-/m1/s1. The highest BCUT2D eigenvalue weighted by Gasteiger charge is 2.32. The number of nitrogens with zero attached hydrogens (tertiary/aromatic N) is 4. The number of halogens is 4. The average molecular weight is 480 g/mol. The summed E-state index contributed by atoms with van der Waals surface area (Å²) < 4.78 is 41.1. The Morgan fingerprint density at radius 1 is 1.21 bits per heavy atom. The largest absolute Gasteiger partial charge is 0.573 e. The number of aliphatic hydroxyl groups is 1. The molecule has 3 aromatic rings. The molecule has 12 heteroatoms. The Hall–Kier alpha value is -3.44.